The van der Waals surface area contributed by atoms with Crippen molar-refractivity contribution in [3.63, 3.8) is 0 Å². The van der Waals surface area contributed by atoms with Crippen molar-refractivity contribution < 1.29 is 9.59 Å². The molecule has 4 fully saturated rings. The van der Waals surface area contributed by atoms with E-state index in [4.69, 9.17) is 0 Å². The number of amides is 2. The van der Waals surface area contributed by atoms with Crippen molar-refractivity contribution in [1.29, 1.82) is 0 Å². The maximum absolute atomic E-state index is 13.2. The van der Waals surface area contributed by atoms with Crippen molar-refractivity contribution in [3.8, 4) is 0 Å². The minimum atomic E-state index is -0.0774. The summed E-state index contributed by atoms with van der Waals surface area (Å²) in [5.74, 6) is 3.50. The van der Waals surface area contributed by atoms with Crippen LogP contribution >= 0.6 is 0 Å². The second-order valence-electron chi connectivity index (χ2n) is 10.1. The lowest BCUT2D eigenvalue weighted by Gasteiger charge is -2.35. The van der Waals surface area contributed by atoms with Gasteiger partial charge in [-0.3, -0.25) is 9.59 Å². The number of nitrogens with one attached hydrogen (secondary N) is 2. The summed E-state index contributed by atoms with van der Waals surface area (Å²) in [4.78, 5) is 31.4. The second kappa shape index (κ2) is 7.14. The van der Waals surface area contributed by atoms with E-state index in [0.717, 1.165) is 48.0 Å². The number of carbonyl (C=O) groups excluding carboxylic acids is 2. The molecule has 4 aliphatic rings. The molecule has 5 heteroatoms. The fraction of sp³-hybridized carbons (Fsp3) is 0.600. The topological polar surface area (TPSA) is 65.2 Å². The van der Waals surface area contributed by atoms with Crippen LogP contribution in [0.4, 0.5) is 0 Å². The summed E-state index contributed by atoms with van der Waals surface area (Å²) < 4.78 is 0. The van der Waals surface area contributed by atoms with Crippen LogP contribution < -0.4 is 5.32 Å². The Hall–Kier alpha value is -2.30. The zero-order valence-electron chi connectivity index (χ0n) is 17.5. The van der Waals surface area contributed by atoms with Gasteiger partial charge in [-0.25, -0.2) is 0 Å². The van der Waals surface area contributed by atoms with Crippen LogP contribution in [0.3, 0.4) is 0 Å². The van der Waals surface area contributed by atoms with Crippen molar-refractivity contribution in [2.24, 2.45) is 29.6 Å². The van der Waals surface area contributed by atoms with Crippen LogP contribution in [0.2, 0.25) is 0 Å². The van der Waals surface area contributed by atoms with E-state index in [-0.39, 0.29) is 17.7 Å². The molecule has 1 saturated heterocycles. The first kappa shape index (κ1) is 18.5. The van der Waals surface area contributed by atoms with Gasteiger partial charge < -0.3 is 15.2 Å². The maximum atomic E-state index is 13.2. The van der Waals surface area contributed by atoms with Gasteiger partial charge in [0, 0.05) is 36.2 Å². The highest BCUT2D eigenvalue weighted by Crippen LogP contribution is 2.58. The third-order valence-electron chi connectivity index (χ3n) is 8.66. The van der Waals surface area contributed by atoms with Crippen molar-refractivity contribution in [2.45, 2.75) is 51.0 Å². The van der Waals surface area contributed by atoms with Crippen LogP contribution in [-0.4, -0.2) is 40.8 Å². The molecule has 158 valence electrons. The van der Waals surface area contributed by atoms with Gasteiger partial charge in [-0.05, 0) is 68.3 Å². The number of hydrogen-bond donors (Lipinski definition) is 2. The third-order valence-corrected chi connectivity index (χ3v) is 8.66. The number of aromatic amines is 1. The number of aromatic nitrogens is 1. The second-order valence-corrected chi connectivity index (χ2v) is 10.1. The van der Waals surface area contributed by atoms with Gasteiger partial charge in [0.2, 0.25) is 5.91 Å². The lowest BCUT2D eigenvalue weighted by atomic mass is 9.79. The van der Waals surface area contributed by atoms with Crippen molar-refractivity contribution >= 4 is 22.7 Å². The molecule has 2 aromatic rings. The van der Waals surface area contributed by atoms with Crippen LogP contribution in [0.1, 0.15) is 55.3 Å². The van der Waals surface area contributed by atoms with Crippen LogP contribution in [-0.2, 0) is 4.79 Å². The monoisotopic (exact) mass is 405 g/mol. The number of H-pyrrole nitrogens is 1. The van der Waals surface area contributed by atoms with Crippen molar-refractivity contribution in [2.75, 3.05) is 13.1 Å². The number of benzene rings is 1. The highest BCUT2D eigenvalue weighted by molar-refractivity contribution is 6.06. The lowest BCUT2D eigenvalue weighted by molar-refractivity contribution is -0.127. The Balaban J connectivity index is 1.12. The molecule has 2 bridgehead atoms. The van der Waals surface area contributed by atoms with E-state index in [9.17, 15) is 9.59 Å². The summed E-state index contributed by atoms with van der Waals surface area (Å²) in [5.41, 5.74) is 1.70. The molecule has 0 unspecified atom stereocenters. The molecule has 1 aromatic carbocycles. The quantitative estimate of drug-likeness (QED) is 0.812. The molecule has 1 aromatic heterocycles. The molecular weight excluding hydrogens is 374 g/mol. The number of para-hydroxylation sites is 1. The van der Waals surface area contributed by atoms with Crippen LogP contribution in [0.25, 0.3) is 10.9 Å². The third kappa shape index (κ3) is 2.89. The molecule has 30 heavy (non-hydrogen) atoms. The predicted molar refractivity (Wildman–Crippen MR) is 116 cm³/mol. The SMILES string of the molecule is O=C(N[C@@H]1C[C@H]2C[C@H]1[C@@H]1CCC[C@@H]21)[C@H]1CCCN(C(=O)c2c[nH]c3ccccc23)C1. The molecule has 2 heterocycles. The van der Waals surface area contributed by atoms with Gasteiger partial charge in [-0.1, -0.05) is 24.6 Å². The van der Waals surface area contributed by atoms with Crippen LogP contribution in [0, 0.1) is 29.6 Å². The van der Waals surface area contributed by atoms with E-state index in [2.05, 4.69) is 10.3 Å². The number of rotatable bonds is 3. The highest BCUT2D eigenvalue weighted by atomic mass is 16.2. The Morgan fingerprint density at radius 3 is 2.80 bits per heavy atom. The van der Waals surface area contributed by atoms with Gasteiger partial charge >= 0.3 is 0 Å². The van der Waals surface area contributed by atoms with Gasteiger partial charge in [0.05, 0.1) is 11.5 Å². The summed E-state index contributed by atoms with van der Waals surface area (Å²) in [5, 5.41) is 4.39. The van der Waals surface area contributed by atoms with E-state index in [1.807, 2.05) is 35.4 Å². The zero-order chi connectivity index (χ0) is 20.2. The largest absolute Gasteiger partial charge is 0.360 e. The Morgan fingerprint density at radius 2 is 1.87 bits per heavy atom. The van der Waals surface area contributed by atoms with Gasteiger partial charge in [0.1, 0.15) is 0 Å². The first-order chi connectivity index (χ1) is 14.7. The summed E-state index contributed by atoms with van der Waals surface area (Å²) in [6.45, 7) is 1.27. The highest BCUT2D eigenvalue weighted by Gasteiger charge is 2.54. The van der Waals surface area contributed by atoms with Gasteiger partial charge in [0.25, 0.3) is 5.91 Å². The Labute approximate surface area is 177 Å². The normalized spacial score (nSPS) is 35.0. The van der Waals surface area contributed by atoms with E-state index in [0.29, 0.717) is 24.1 Å². The Morgan fingerprint density at radius 1 is 1.00 bits per heavy atom. The number of nitrogens with zero attached hydrogens (tertiary/aromatic N) is 1. The molecule has 0 spiro atoms. The number of likely N-dealkylation sites (tertiary alicyclic amines) is 1. The molecular formula is C25H31N3O2. The maximum Gasteiger partial charge on any atom is 0.256 e. The minimum absolute atomic E-state index is 0.0404. The van der Waals surface area contributed by atoms with E-state index >= 15 is 0 Å². The fourth-order valence-corrected chi connectivity index (χ4v) is 7.33. The average Bonchev–Trinajstić information content (AvgIpc) is 3.54. The van der Waals surface area contributed by atoms with Crippen molar-refractivity contribution in [3.05, 3.63) is 36.0 Å². The Kier molecular flexibility index (Phi) is 4.39. The van der Waals surface area contributed by atoms with Crippen molar-refractivity contribution in [1.82, 2.24) is 15.2 Å². The summed E-state index contributed by atoms with van der Waals surface area (Å²) >= 11 is 0. The first-order valence-corrected chi connectivity index (χ1v) is 11.8. The lowest BCUT2D eigenvalue weighted by Crippen LogP contribution is -2.49. The van der Waals surface area contributed by atoms with Gasteiger partial charge in [-0.15, -0.1) is 0 Å². The van der Waals surface area contributed by atoms with Gasteiger partial charge in [0.15, 0.2) is 0 Å². The molecule has 3 aliphatic carbocycles. The molecule has 2 amide bonds. The molecule has 6 rings (SSSR count). The molecule has 5 nitrogen and oxygen atoms in total. The first-order valence-electron chi connectivity index (χ1n) is 11.8. The Bertz CT molecular complexity index is 982. The number of fused-ring (bicyclic) bond motifs is 6. The van der Waals surface area contributed by atoms with E-state index in [1.165, 1.54) is 32.1 Å². The number of carbonyl (C=O) groups is 2. The van der Waals surface area contributed by atoms with Crippen LogP contribution in [0.5, 0.6) is 0 Å². The molecule has 3 saturated carbocycles. The molecule has 1 aliphatic heterocycles. The van der Waals surface area contributed by atoms with Crippen LogP contribution in [0.15, 0.2) is 30.5 Å². The predicted octanol–water partition coefficient (Wildman–Crippen LogP) is 3.96. The number of hydrogen-bond acceptors (Lipinski definition) is 2. The zero-order valence-corrected chi connectivity index (χ0v) is 17.5. The fourth-order valence-electron chi connectivity index (χ4n) is 7.33. The van der Waals surface area contributed by atoms with E-state index in [1.54, 1.807) is 0 Å². The smallest absolute Gasteiger partial charge is 0.256 e. The standard InChI is InChI=1S/C25H31N3O2/c29-24(27-23-12-16-11-20(23)18-8-3-7-17(16)18)15-5-4-10-28(14-15)25(30)21-13-26-22-9-2-1-6-19(21)22/h1-2,6,9,13,15-18,20,23,26H,3-5,7-8,10-12,14H2,(H,27,29)/t15-,16+,17-,18+,20-,23+/m0/s1. The summed E-state index contributed by atoms with van der Waals surface area (Å²) in [7, 11) is 0. The number of piperidine rings is 1. The molecule has 2 N–H and O–H groups in total. The average molecular weight is 406 g/mol. The van der Waals surface area contributed by atoms with E-state index < -0.39 is 0 Å². The minimum Gasteiger partial charge on any atom is -0.360 e. The molecule has 6 atom stereocenters. The summed E-state index contributed by atoms with van der Waals surface area (Å²) in [6, 6.07) is 8.28. The van der Waals surface area contributed by atoms with Gasteiger partial charge in [-0.2, -0.15) is 0 Å². The summed E-state index contributed by atoms with van der Waals surface area (Å²) in [6.07, 6.45) is 10.3. The molecule has 0 radical (unpaired) electrons.